The SMILES string of the molecule is Cc1oc(C(F)(F)F)cc1-c1cc2nc(-c3ccco3)nc(N)n2n1. The van der Waals surface area contributed by atoms with Gasteiger partial charge in [0, 0.05) is 11.6 Å². The van der Waals surface area contributed by atoms with Gasteiger partial charge in [0.05, 0.1) is 12.0 Å². The predicted molar refractivity (Wildman–Crippen MR) is 80.3 cm³/mol. The topological polar surface area (TPSA) is 95.4 Å². The normalized spacial score (nSPS) is 12.2. The fourth-order valence-corrected chi connectivity index (χ4v) is 2.43. The number of rotatable bonds is 2. The van der Waals surface area contributed by atoms with Gasteiger partial charge in [0.15, 0.2) is 11.4 Å². The summed E-state index contributed by atoms with van der Waals surface area (Å²) < 4.78 is 49.7. The highest BCUT2D eigenvalue weighted by Gasteiger charge is 2.36. The van der Waals surface area contributed by atoms with Crippen molar-refractivity contribution in [1.82, 2.24) is 19.6 Å². The lowest BCUT2D eigenvalue weighted by atomic mass is 10.2. The molecule has 4 aromatic rings. The number of nitrogens with two attached hydrogens (primary N) is 1. The molecule has 7 nitrogen and oxygen atoms in total. The van der Waals surface area contributed by atoms with Crippen molar-refractivity contribution >= 4 is 11.6 Å². The van der Waals surface area contributed by atoms with Crippen LogP contribution in [0.3, 0.4) is 0 Å². The van der Waals surface area contributed by atoms with E-state index in [4.69, 9.17) is 14.6 Å². The number of nitrogens with zero attached hydrogens (tertiary/aromatic N) is 4. The summed E-state index contributed by atoms with van der Waals surface area (Å²) in [6.45, 7) is 1.43. The van der Waals surface area contributed by atoms with Crippen molar-refractivity contribution in [2.24, 2.45) is 0 Å². The smallest absolute Gasteiger partial charge is 0.449 e. The van der Waals surface area contributed by atoms with Gasteiger partial charge in [-0.2, -0.15) is 27.8 Å². The van der Waals surface area contributed by atoms with E-state index in [1.54, 1.807) is 12.1 Å². The van der Waals surface area contributed by atoms with Crippen LogP contribution in [0.1, 0.15) is 11.5 Å². The summed E-state index contributed by atoms with van der Waals surface area (Å²) in [4.78, 5) is 8.36. The third-order valence-electron chi connectivity index (χ3n) is 3.56. The Labute approximate surface area is 137 Å². The quantitative estimate of drug-likeness (QED) is 0.594. The summed E-state index contributed by atoms with van der Waals surface area (Å²) in [6.07, 6.45) is -3.11. The molecule has 4 aromatic heterocycles. The molecule has 0 saturated heterocycles. The van der Waals surface area contributed by atoms with Crippen molar-refractivity contribution in [3.8, 4) is 22.8 Å². The molecule has 0 saturated carbocycles. The van der Waals surface area contributed by atoms with E-state index in [0.29, 0.717) is 11.4 Å². The Bertz CT molecular complexity index is 1060. The van der Waals surface area contributed by atoms with E-state index >= 15 is 0 Å². The van der Waals surface area contributed by atoms with Crippen LogP contribution in [0.4, 0.5) is 19.1 Å². The number of anilines is 1. The number of hydrogen-bond donors (Lipinski definition) is 1. The first-order chi connectivity index (χ1) is 11.8. The number of alkyl halides is 3. The molecule has 2 N–H and O–H groups in total. The second kappa shape index (κ2) is 5.10. The number of aromatic nitrogens is 4. The largest absolute Gasteiger partial charge is 0.461 e. The van der Waals surface area contributed by atoms with Crippen LogP contribution in [0.2, 0.25) is 0 Å². The van der Waals surface area contributed by atoms with E-state index in [1.165, 1.54) is 23.8 Å². The molecular formula is C15H10F3N5O2. The van der Waals surface area contributed by atoms with Crippen molar-refractivity contribution in [1.29, 1.82) is 0 Å². The van der Waals surface area contributed by atoms with Gasteiger partial charge in [-0.3, -0.25) is 0 Å². The van der Waals surface area contributed by atoms with Gasteiger partial charge in [-0.25, -0.2) is 4.98 Å². The Morgan fingerprint density at radius 2 is 2.00 bits per heavy atom. The van der Waals surface area contributed by atoms with Gasteiger partial charge in [0.25, 0.3) is 0 Å². The van der Waals surface area contributed by atoms with Crippen LogP contribution in [-0.4, -0.2) is 19.6 Å². The molecule has 0 amide bonds. The lowest BCUT2D eigenvalue weighted by Gasteiger charge is -2.00. The number of nitrogen functional groups attached to an aromatic ring is 1. The standard InChI is InChI=1S/C15H10F3N5O2/c1-7-8(5-11(25-7)15(16,17)18)9-6-12-20-13(10-3-2-4-24-10)21-14(19)23(12)22-9/h2-6H,1H3,(H2,19,20,21). The first-order valence-electron chi connectivity index (χ1n) is 7.08. The molecule has 4 heterocycles. The highest BCUT2D eigenvalue weighted by molar-refractivity contribution is 5.68. The lowest BCUT2D eigenvalue weighted by molar-refractivity contribution is -0.153. The van der Waals surface area contributed by atoms with Crippen LogP contribution in [0.25, 0.3) is 28.5 Å². The molecule has 0 unspecified atom stereocenters. The first-order valence-corrected chi connectivity index (χ1v) is 7.08. The van der Waals surface area contributed by atoms with E-state index < -0.39 is 11.9 Å². The molecule has 0 radical (unpaired) electrons. The molecule has 0 aromatic carbocycles. The fourth-order valence-electron chi connectivity index (χ4n) is 2.43. The Morgan fingerprint density at radius 3 is 2.64 bits per heavy atom. The fraction of sp³-hybridized carbons (Fsp3) is 0.133. The molecule has 25 heavy (non-hydrogen) atoms. The Hall–Kier alpha value is -3.30. The molecule has 4 rings (SSSR count). The van der Waals surface area contributed by atoms with Gasteiger partial charge in [-0.1, -0.05) is 0 Å². The van der Waals surface area contributed by atoms with Crippen LogP contribution in [0, 0.1) is 6.92 Å². The zero-order chi connectivity index (χ0) is 17.8. The van der Waals surface area contributed by atoms with Crippen molar-refractivity contribution < 1.29 is 22.0 Å². The Balaban J connectivity index is 1.85. The number of furan rings is 2. The molecule has 0 aliphatic carbocycles. The van der Waals surface area contributed by atoms with E-state index in [9.17, 15) is 13.2 Å². The number of hydrogen-bond acceptors (Lipinski definition) is 6. The van der Waals surface area contributed by atoms with Gasteiger partial charge in [0.1, 0.15) is 5.76 Å². The highest BCUT2D eigenvalue weighted by atomic mass is 19.4. The summed E-state index contributed by atoms with van der Waals surface area (Å²) in [5.41, 5.74) is 6.64. The molecule has 0 spiro atoms. The highest BCUT2D eigenvalue weighted by Crippen LogP contribution is 2.36. The van der Waals surface area contributed by atoms with E-state index in [-0.39, 0.29) is 28.8 Å². The van der Waals surface area contributed by atoms with Crippen LogP contribution < -0.4 is 5.73 Å². The van der Waals surface area contributed by atoms with Crippen molar-refractivity contribution in [3.63, 3.8) is 0 Å². The van der Waals surface area contributed by atoms with Crippen LogP contribution in [0.15, 0.2) is 39.4 Å². The molecule has 0 bridgehead atoms. The summed E-state index contributed by atoms with van der Waals surface area (Å²) in [5.74, 6) is -0.308. The van der Waals surface area contributed by atoms with Crippen LogP contribution in [0.5, 0.6) is 0 Å². The van der Waals surface area contributed by atoms with Gasteiger partial charge in [-0.15, -0.1) is 0 Å². The number of halogens is 3. The monoisotopic (exact) mass is 349 g/mol. The third kappa shape index (κ3) is 2.51. The maximum absolute atomic E-state index is 12.8. The molecule has 0 aliphatic heterocycles. The van der Waals surface area contributed by atoms with Crippen molar-refractivity contribution in [3.05, 3.63) is 42.0 Å². The van der Waals surface area contributed by atoms with Gasteiger partial charge >= 0.3 is 6.18 Å². The summed E-state index contributed by atoms with van der Waals surface area (Å²) >= 11 is 0. The zero-order valence-corrected chi connectivity index (χ0v) is 12.7. The average molecular weight is 349 g/mol. The van der Waals surface area contributed by atoms with Gasteiger partial charge in [-0.05, 0) is 25.1 Å². The van der Waals surface area contributed by atoms with Gasteiger partial charge < -0.3 is 14.6 Å². The molecule has 0 atom stereocenters. The van der Waals surface area contributed by atoms with Gasteiger partial charge in [0.2, 0.25) is 17.5 Å². The van der Waals surface area contributed by atoms with Crippen molar-refractivity contribution in [2.45, 2.75) is 13.1 Å². The molecule has 128 valence electrons. The summed E-state index contributed by atoms with van der Waals surface area (Å²) in [5, 5.41) is 4.17. The number of aryl methyl sites for hydroxylation is 1. The second-order valence-electron chi connectivity index (χ2n) is 5.26. The van der Waals surface area contributed by atoms with Crippen LogP contribution >= 0.6 is 0 Å². The molecule has 10 heteroatoms. The Kier molecular flexibility index (Phi) is 3.11. The lowest BCUT2D eigenvalue weighted by Crippen LogP contribution is -2.05. The summed E-state index contributed by atoms with van der Waals surface area (Å²) in [7, 11) is 0. The molecule has 0 fully saturated rings. The summed E-state index contributed by atoms with van der Waals surface area (Å²) in [6, 6.07) is 5.74. The number of fused-ring (bicyclic) bond motifs is 1. The predicted octanol–water partition coefficient (Wildman–Crippen LogP) is 3.55. The van der Waals surface area contributed by atoms with Crippen molar-refractivity contribution in [2.75, 3.05) is 5.73 Å². The minimum Gasteiger partial charge on any atom is -0.461 e. The minimum atomic E-state index is -4.58. The first kappa shape index (κ1) is 15.2. The molecular weight excluding hydrogens is 339 g/mol. The maximum atomic E-state index is 12.8. The van der Waals surface area contributed by atoms with E-state index in [0.717, 1.165) is 6.07 Å². The Morgan fingerprint density at radius 1 is 1.20 bits per heavy atom. The van der Waals surface area contributed by atoms with Crippen LogP contribution in [-0.2, 0) is 6.18 Å². The third-order valence-corrected chi connectivity index (χ3v) is 3.56. The minimum absolute atomic E-state index is 0.0276. The zero-order valence-electron chi connectivity index (χ0n) is 12.7. The average Bonchev–Trinajstić information content (AvgIpc) is 3.24. The maximum Gasteiger partial charge on any atom is 0.449 e. The molecule has 0 aliphatic rings. The van der Waals surface area contributed by atoms with E-state index in [1.807, 2.05) is 0 Å². The second-order valence-corrected chi connectivity index (χ2v) is 5.26. The van der Waals surface area contributed by atoms with E-state index in [2.05, 4.69) is 15.1 Å².